The molecular formula is C19H33IN4O. The van der Waals surface area contributed by atoms with Crippen LogP contribution in [0.3, 0.4) is 0 Å². The van der Waals surface area contributed by atoms with Crippen molar-refractivity contribution in [1.82, 2.24) is 15.5 Å². The van der Waals surface area contributed by atoms with Gasteiger partial charge >= 0.3 is 0 Å². The van der Waals surface area contributed by atoms with Crippen molar-refractivity contribution in [3.8, 4) is 0 Å². The fourth-order valence-corrected chi connectivity index (χ4v) is 2.81. The summed E-state index contributed by atoms with van der Waals surface area (Å²) in [6, 6.07) is 8.52. The smallest absolute Gasteiger partial charge is 0.191 e. The van der Waals surface area contributed by atoms with Crippen molar-refractivity contribution in [2.24, 2.45) is 4.99 Å². The van der Waals surface area contributed by atoms with Crippen molar-refractivity contribution in [2.75, 3.05) is 45.9 Å². The first-order valence-electron chi connectivity index (χ1n) is 9.16. The van der Waals surface area contributed by atoms with Gasteiger partial charge in [0, 0.05) is 26.2 Å². The van der Waals surface area contributed by atoms with Crippen molar-refractivity contribution >= 4 is 29.9 Å². The van der Waals surface area contributed by atoms with Gasteiger partial charge in [-0.25, -0.2) is 4.99 Å². The maximum Gasteiger partial charge on any atom is 0.191 e. The Bertz CT molecular complexity index is 504. The zero-order valence-corrected chi connectivity index (χ0v) is 17.9. The van der Waals surface area contributed by atoms with E-state index in [1.807, 2.05) is 0 Å². The number of nitrogens with one attached hydrogen (secondary N) is 2. The quantitative estimate of drug-likeness (QED) is 0.271. The van der Waals surface area contributed by atoms with E-state index in [0.29, 0.717) is 6.54 Å². The highest BCUT2D eigenvalue weighted by atomic mass is 127. The molecule has 1 saturated heterocycles. The summed E-state index contributed by atoms with van der Waals surface area (Å²) in [5, 5.41) is 6.76. The summed E-state index contributed by atoms with van der Waals surface area (Å²) in [5.74, 6) is 0.908. The van der Waals surface area contributed by atoms with Crippen molar-refractivity contribution in [3.05, 3.63) is 35.4 Å². The second-order valence-electron chi connectivity index (χ2n) is 6.27. The molecule has 0 aromatic heterocycles. The Kier molecular flexibility index (Phi) is 11.9. The fourth-order valence-electron chi connectivity index (χ4n) is 2.81. The van der Waals surface area contributed by atoms with E-state index in [4.69, 9.17) is 4.74 Å². The molecule has 0 spiro atoms. The van der Waals surface area contributed by atoms with E-state index < -0.39 is 0 Å². The van der Waals surface area contributed by atoms with Crippen LogP contribution in [-0.4, -0.2) is 56.8 Å². The molecule has 0 bridgehead atoms. The SMILES string of the molecule is CCNC(=NCc1cccc(C)c1)NCCCCN1CCOCC1.I. The molecular weight excluding hydrogens is 427 g/mol. The van der Waals surface area contributed by atoms with E-state index in [9.17, 15) is 0 Å². The normalized spacial score (nSPS) is 15.5. The maximum absolute atomic E-state index is 5.38. The first-order chi connectivity index (χ1) is 11.8. The standard InChI is InChI=1S/C19H32N4O.HI/c1-3-20-19(22-16-18-8-6-7-17(2)15-18)21-9-4-5-10-23-11-13-24-14-12-23;/h6-8,15H,3-5,9-14,16H2,1-2H3,(H2,20,21,22);1H. The third-order valence-electron chi connectivity index (χ3n) is 4.14. The van der Waals surface area contributed by atoms with Crippen molar-refractivity contribution in [3.63, 3.8) is 0 Å². The minimum Gasteiger partial charge on any atom is -0.379 e. The highest BCUT2D eigenvalue weighted by molar-refractivity contribution is 14.0. The van der Waals surface area contributed by atoms with E-state index in [-0.39, 0.29) is 24.0 Å². The van der Waals surface area contributed by atoms with E-state index in [0.717, 1.165) is 51.8 Å². The van der Waals surface area contributed by atoms with Gasteiger partial charge < -0.3 is 15.4 Å². The average molecular weight is 460 g/mol. The highest BCUT2D eigenvalue weighted by Crippen LogP contribution is 2.05. The summed E-state index contributed by atoms with van der Waals surface area (Å²) in [7, 11) is 0. The van der Waals surface area contributed by atoms with Crippen molar-refractivity contribution in [1.29, 1.82) is 0 Å². The first kappa shape index (κ1) is 22.2. The van der Waals surface area contributed by atoms with E-state index in [1.54, 1.807) is 0 Å². The molecule has 0 amide bonds. The molecule has 5 nitrogen and oxygen atoms in total. The number of hydrogen-bond acceptors (Lipinski definition) is 3. The number of halogens is 1. The minimum atomic E-state index is 0. The average Bonchev–Trinajstić information content (AvgIpc) is 2.60. The Balaban J connectivity index is 0.00000312. The molecule has 1 aromatic rings. The number of hydrogen-bond donors (Lipinski definition) is 2. The van der Waals surface area contributed by atoms with Crippen LogP contribution in [0, 0.1) is 6.92 Å². The number of nitrogens with zero attached hydrogens (tertiary/aromatic N) is 2. The Morgan fingerprint density at radius 1 is 1.20 bits per heavy atom. The molecule has 25 heavy (non-hydrogen) atoms. The van der Waals surface area contributed by atoms with Crippen LogP contribution in [0.2, 0.25) is 0 Å². The number of guanidine groups is 1. The number of ether oxygens (including phenoxy) is 1. The third kappa shape index (κ3) is 9.42. The van der Waals surface area contributed by atoms with Gasteiger partial charge in [0.25, 0.3) is 0 Å². The van der Waals surface area contributed by atoms with Crippen LogP contribution in [0.1, 0.15) is 30.9 Å². The van der Waals surface area contributed by atoms with Crippen LogP contribution in [0.4, 0.5) is 0 Å². The van der Waals surface area contributed by atoms with Crippen LogP contribution in [-0.2, 0) is 11.3 Å². The topological polar surface area (TPSA) is 48.9 Å². The molecule has 1 fully saturated rings. The lowest BCUT2D eigenvalue weighted by Crippen LogP contribution is -2.39. The number of morpholine rings is 1. The van der Waals surface area contributed by atoms with Gasteiger partial charge in [-0.05, 0) is 38.8 Å². The zero-order valence-electron chi connectivity index (χ0n) is 15.6. The lowest BCUT2D eigenvalue weighted by Gasteiger charge is -2.26. The van der Waals surface area contributed by atoms with Gasteiger partial charge in [-0.15, -0.1) is 24.0 Å². The Hall–Kier alpha value is -0.860. The molecule has 1 heterocycles. The van der Waals surface area contributed by atoms with Crippen LogP contribution in [0.25, 0.3) is 0 Å². The summed E-state index contributed by atoms with van der Waals surface area (Å²) in [5.41, 5.74) is 2.53. The molecule has 0 aliphatic carbocycles. The van der Waals surface area contributed by atoms with Crippen molar-refractivity contribution < 1.29 is 4.74 Å². The lowest BCUT2D eigenvalue weighted by molar-refractivity contribution is 0.0372. The molecule has 6 heteroatoms. The van der Waals surface area contributed by atoms with Crippen LogP contribution in [0.5, 0.6) is 0 Å². The molecule has 0 saturated carbocycles. The highest BCUT2D eigenvalue weighted by Gasteiger charge is 2.09. The molecule has 2 rings (SSSR count). The van der Waals surface area contributed by atoms with E-state index >= 15 is 0 Å². The predicted octanol–water partition coefficient (Wildman–Crippen LogP) is 2.78. The number of unbranched alkanes of at least 4 members (excludes halogenated alkanes) is 1. The fraction of sp³-hybridized carbons (Fsp3) is 0.632. The third-order valence-corrected chi connectivity index (χ3v) is 4.14. The molecule has 142 valence electrons. The van der Waals surface area contributed by atoms with Gasteiger partial charge in [-0.3, -0.25) is 4.90 Å². The van der Waals surface area contributed by atoms with Gasteiger partial charge in [0.15, 0.2) is 5.96 Å². The Morgan fingerprint density at radius 2 is 2.00 bits per heavy atom. The van der Waals surface area contributed by atoms with Crippen molar-refractivity contribution in [2.45, 2.75) is 33.2 Å². The van der Waals surface area contributed by atoms with Gasteiger partial charge in [0.05, 0.1) is 19.8 Å². The lowest BCUT2D eigenvalue weighted by atomic mass is 10.1. The maximum atomic E-state index is 5.38. The second kappa shape index (κ2) is 13.4. The summed E-state index contributed by atoms with van der Waals surface area (Å²) in [6.45, 7) is 11.9. The number of aryl methyl sites for hydroxylation is 1. The number of aliphatic imine (C=N–C) groups is 1. The molecule has 1 aromatic carbocycles. The van der Waals surface area contributed by atoms with Crippen LogP contribution >= 0.6 is 24.0 Å². The largest absolute Gasteiger partial charge is 0.379 e. The summed E-state index contributed by atoms with van der Waals surface area (Å²) in [4.78, 5) is 7.17. The minimum absolute atomic E-state index is 0. The van der Waals surface area contributed by atoms with Crippen LogP contribution in [0.15, 0.2) is 29.3 Å². The predicted molar refractivity (Wildman–Crippen MR) is 116 cm³/mol. The number of rotatable bonds is 8. The molecule has 1 aliphatic heterocycles. The van der Waals surface area contributed by atoms with Gasteiger partial charge in [0.1, 0.15) is 0 Å². The van der Waals surface area contributed by atoms with Gasteiger partial charge in [-0.1, -0.05) is 29.8 Å². The zero-order chi connectivity index (χ0) is 17.0. The van der Waals surface area contributed by atoms with Gasteiger partial charge in [-0.2, -0.15) is 0 Å². The summed E-state index contributed by atoms with van der Waals surface area (Å²) >= 11 is 0. The molecule has 0 radical (unpaired) electrons. The molecule has 1 aliphatic rings. The van der Waals surface area contributed by atoms with Crippen LogP contribution < -0.4 is 10.6 Å². The van der Waals surface area contributed by atoms with Gasteiger partial charge in [0.2, 0.25) is 0 Å². The summed E-state index contributed by atoms with van der Waals surface area (Å²) in [6.07, 6.45) is 2.37. The molecule has 2 N–H and O–H groups in total. The van der Waals surface area contributed by atoms with E-state index in [2.05, 4.69) is 58.6 Å². The second-order valence-corrected chi connectivity index (χ2v) is 6.27. The first-order valence-corrected chi connectivity index (χ1v) is 9.16. The Morgan fingerprint density at radius 3 is 2.72 bits per heavy atom. The van der Waals surface area contributed by atoms with E-state index in [1.165, 1.54) is 24.1 Å². The molecule has 0 atom stereocenters. The Labute approximate surface area is 169 Å². The monoisotopic (exact) mass is 460 g/mol. The summed E-state index contributed by atoms with van der Waals surface area (Å²) < 4.78 is 5.38. The molecule has 0 unspecified atom stereocenters. The number of benzene rings is 1.